The summed E-state index contributed by atoms with van der Waals surface area (Å²) in [6.07, 6.45) is 1.09. The molecule has 5 nitrogen and oxygen atoms in total. The summed E-state index contributed by atoms with van der Waals surface area (Å²) in [4.78, 5) is 27.2. The van der Waals surface area contributed by atoms with Gasteiger partial charge >= 0.3 is 0 Å². The number of carbonyl (C=O) groups is 2. The SMILES string of the molecule is CC(C)CC(=O)N1CCc2ccc(OCC(=O)NCc3cccc(F)c3)cc2C1c1cccc(F)c1. The van der Waals surface area contributed by atoms with Crippen molar-refractivity contribution in [2.24, 2.45) is 5.92 Å². The number of amides is 2. The molecule has 2 amide bonds. The number of hydrogen-bond donors (Lipinski definition) is 1. The maximum Gasteiger partial charge on any atom is 0.258 e. The summed E-state index contributed by atoms with van der Waals surface area (Å²) in [7, 11) is 0. The normalized spacial score (nSPS) is 14.9. The van der Waals surface area contributed by atoms with Gasteiger partial charge in [-0.1, -0.05) is 44.2 Å². The number of hydrogen-bond acceptors (Lipinski definition) is 3. The molecule has 3 aromatic carbocycles. The van der Waals surface area contributed by atoms with Crippen LogP contribution in [0, 0.1) is 17.6 Å². The fraction of sp³-hybridized carbons (Fsp3) is 0.310. The van der Waals surface area contributed by atoms with Crippen molar-refractivity contribution in [1.82, 2.24) is 10.2 Å². The molecule has 4 rings (SSSR count). The molecule has 0 radical (unpaired) electrons. The van der Waals surface area contributed by atoms with Gasteiger partial charge < -0.3 is 15.0 Å². The van der Waals surface area contributed by atoms with Crippen LogP contribution in [-0.2, 0) is 22.6 Å². The Hall–Kier alpha value is -3.74. The summed E-state index contributed by atoms with van der Waals surface area (Å²) in [6, 6.07) is 17.5. The summed E-state index contributed by atoms with van der Waals surface area (Å²) < 4.78 is 33.2. The molecular formula is C29H30F2N2O3. The Balaban J connectivity index is 1.52. The fourth-order valence-electron chi connectivity index (χ4n) is 4.50. The van der Waals surface area contributed by atoms with E-state index >= 15 is 0 Å². The summed E-state index contributed by atoms with van der Waals surface area (Å²) in [5, 5.41) is 2.71. The van der Waals surface area contributed by atoms with Crippen LogP contribution >= 0.6 is 0 Å². The van der Waals surface area contributed by atoms with Gasteiger partial charge in [0.2, 0.25) is 5.91 Å². The van der Waals surface area contributed by atoms with E-state index in [-0.39, 0.29) is 42.5 Å². The first kappa shape index (κ1) is 25.4. The highest BCUT2D eigenvalue weighted by Gasteiger charge is 2.32. The molecule has 0 spiro atoms. The van der Waals surface area contributed by atoms with Crippen molar-refractivity contribution in [3.05, 3.63) is 101 Å². The highest BCUT2D eigenvalue weighted by Crippen LogP contribution is 2.38. The van der Waals surface area contributed by atoms with Crippen LogP contribution in [0.3, 0.4) is 0 Å². The lowest BCUT2D eigenvalue weighted by Crippen LogP contribution is -2.41. The largest absolute Gasteiger partial charge is 0.484 e. The lowest BCUT2D eigenvalue weighted by molar-refractivity contribution is -0.134. The Labute approximate surface area is 210 Å². The summed E-state index contributed by atoms with van der Waals surface area (Å²) >= 11 is 0. The maximum atomic E-state index is 14.1. The molecule has 36 heavy (non-hydrogen) atoms. The van der Waals surface area contributed by atoms with Crippen LogP contribution in [0.2, 0.25) is 0 Å². The van der Waals surface area contributed by atoms with Crippen LogP contribution in [0.4, 0.5) is 8.78 Å². The van der Waals surface area contributed by atoms with E-state index in [9.17, 15) is 18.4 Å². The summed E-state index contributed by atoms with van der Waals surface area (Å²) in [5.74, 6) is -0.360. The standard InChI is InChI=1S/C29H30F2N2O3/c1-19(2)13-28(35)33-12-11-21-9-10-25(16-26(21)29(33)22-6-4-8-24(31)15-22)36-18-27(34)32-17-20-5-3-7-23(30)14-20/h3-10,14-16,19,29H,11-13,17-18H2,1-2H3,(H,32,34). The zero-order valence-corrected chi connectivity index (χ0v) is 20.5. The minimum atomic E-state index is -0.443. The van der Waals surface area contributed by atoms with Crippen molar-refractivity contribution in [3.63, 3.8) is 0 Å². The first-order chi connectivity index (χ1) is 17.3. The molecule has 0 saturated carbocycles. The van der Waals surface area contributed by atoms with Gasteiger partial charge in [-0.25, -0.2) is 8.78 Å². The zero-order valence-electron chi connectivity index (χ0n) is 20.5. The Morgan fingerprint density at radius 3 is 2.50 bits per heavy atom. The summed E-state index contributed by atoms with van der Waals surface area (Å²) in [6.45, 7) is 4.52. The van der Waals surface area contributed by atoms with Crippen LogP contribution in [0.5, 0.6) is 5.75 Å². The minimum absolute atomic E-state index is 0.0213. The van der Waals surface area contributed by atoms with E-state index in [4.69, 9.17) is 4.74 Å². The monoisotopic (exact) mass is 492 g/mol. The molecule has 0 saturated heterocycles. The average Bonchev–Trinajstić information content (AvgIpc) is 2.85. The number of fused-ring (bicyclic) bond motifs is 1. The average molecular weight is 493 g/mol. The quantitative estimate of drug-likeness (QED) is 0.472. The van der Waals surface area contributed by atoms with Crippen molar-refractivity contribution in [3.8, 4) is 5.75 Å². The van der Waals surface area contributed by atoms with E-state index in [1.165, 1.54) is 24.3 Å². The molecule has 1 aliphatic rings. The Bertz CT molecular complexity index is 1240. The molecule has 1 heterocycles. The number of carbonyl (C=O) groups excluding carboxylic acids is 2. The van der Waals surface area contributed by atoms with Gasteiger partial charge in [0.05, 0.1) is 6.04 Å². The maximum absolute atomic E-state index is 14.1. The Morgan fingerprint density at radius 1 is 1.03 bits per heavy atom. The molecule has 1 N–H and O–H groups in total. The molecule has 1 atom stereocenters. The molecule has 0 aliphatic carbocycles. The van der Waals surface area contributed by atoms with E-state index in [1.54, 1.807) is 24.3 Å². The number of nitrogens with one attached hydrogen (secondary N) is 1. The van der Waals surface area contributed by atoms with Crippen LogP contribution in [-0.4, -0.2) is 29.9 Å². The lowest BCUT2D eigenvalue weighted by atomic mass is 9.87. The van der Waals surface area contributed by atoms with Crippen LogP contribution in [0.15, 0.2) is 66.7 Å². The fourth-order valence-corrected chi connectivity index (χ4v) is 4.50. The smallest absolute Gasteiger partial charge is 0.258 e. The summed E-state index contributed by atoms with van der Waals surface area (Å²) in [5.41, 5.74) is 3.27. The predicted molar refractivity (Wildman–Crippen MR) is 133 cm³/mol. The number of halogens is 2. The lowest BCUT2D eigenvalue weighted by Gasteiger charge is -2.38. The van der Waals surface area contributed by atoms with E-state index in [1.807, 2.05) is 36.9 Å². The third-order valence-corrected chi connectivity index (χ3v) is 6.16. The molecule has 0 aromatic heterocycles. The molecule has 0 bridgehead atoms. The second kappa shape index (κ2) is 11.3. The van der Waals surface area contributed by atoms with Gasteiger partial charge in [0.15, 0.2) is 6.61 Å². The van der Waals surface area contributed by atoms with E-state index in [0.29, 0.717) is 36.3 Å². The van der Waals surface area contributed by atoms with Gasteiger partial charge in [-0.3, -0.25) is 9.59 Å². The van der Waals surface area contributed by atoms with Crippen molar-refractivity contribution in [2.75, 3.05) is 13.2 Å². The molecular weight excluding hydrogens is 462 g/mol. The zero-order chi connectivity index (χ0) is 25.7. The number of rotatable bonds is 8. The molecule has 3 aromatic rings. The molecule has 0 fully saturated rings. The second-order valence-electron chi connectivity index (χ2n) is 9.45. The van der Waals surface area contributed by atoms with Gasteiger partial charge in [-0.2, -0.15) is 0 Å². The van der Waals surface area contributed by atoms with Crippen molar-refractivity contribution >= 4 is 11.8 Å². The molecule has 188 valence electrons. The highest BCUT2D eigenvalue weighted by molar-refractivity contribution is 5.78. The van der Waals surface area contributed by atoms with Crippen LogP contribution < -0.4 is 10.1 Å². The van der Waals surface area contributed by atoms with Gasteiger partial charge in [-0.15, -0.1) is 0 Å². The predicted octanol–water partition coefficient (Wildman–Crippen LogP) is 5.18. The highest BCUT2D eigenvalue weighted by atomic mass is 19.1. The van der Waals surface area contributed by atoms with Gasteiger partial charge in [0, 0.05) is 19.5 Å². The number of ether oxygens (including phenoxy) is 1. The van der Waals surface area contributed by atoms with Crippen molar-refractivity contribution in [2.45, 2.75) is 39.3 Å². The van der Waals surface area contributed by atoms with Crippen LogP contribution in [0.1, 0.15) is 48.6 Å². The third kappa shape index (κ3) is 6.27. The topological polar surface area (TPSA) is 58.6 Å². The number of nitrogens with zero attached hydrogens (tertiary/aromatic N) is 1. The molecule has 1 aliphatic heterocycles. The first-order valence-electron chi connectivity index (χ1n) is 12.1. The Kier molecular flexibility index (Phi) is 7.98. The van der Waals surface area contributed by atoms with E-state index in [0.717, 1.165) is 11.1 Å². The molecule has 1 unspecified atom stereocenters. The minimum Gasteiger partial charge on any atom is -0.484 e. The first-order valence-corrected chi connectivity index (χ1v) is 12.1. The number of benzene rings is 3. The van der Waals surface area contributed by atoms with E-state index in [2.05, 4.69) is 5.32 Å². The van der Waals surface area contributed by atoms with Gasteiger partial charge in [0.1, 0.15) is 17.4 Å². The Morgan fingerprint density at radius 2 is 1.78 bits per heavy atom. The second-order valence-corrected chi connectivity index (χ2v) is 9.45. The van der Waals surface area contributed by atoms with Crippen molar-refractivity contribution < 1.29 is 23.1 Å². The van der Waals surface area contributed by atoms with Crippen LogP contribution in [0.25, 0.3) is 0 Å². The third-order valence-electron chi connectivity index (χ3n) is 6.16. The van der Waals surface area contributed by atoms with Gasteiger partial charge in [-0.05, 0) is 71.0 Å². The van der Waals surface area contributed by atoms with Gasteiger partial charge in [0.25, 0.3) is 5.91 Å². The van der Waals surface area contributed by atoms with Crippen molar-refractivity contribution in [1.29, 1.82) is 0 Å². The molecule has 7 heteroatoms. The van der Waals surface area contributed by atoms with E-state index < -0.39 is 6.04 Å².